The number of nitrogens with zero attached hydrogens (tertiary/aromatic N) is 3. The summed E-state index contributed by atoms with van der Waals surface area (Å²) in [5, 5.41) is 3.39. The zero-order valence-corrected chi connectivity index (χ0v) is 19.1. The SMILES string of the molecule is CCCN1C[C@@H](NC(=O)N(CC)CCN2CCCC2)C[C@@H]2CC3(CC[C@H]21)OCCO3. The second-order valence-corrected chi connectivity index (χ2v) is 9.68. The number of amides is 2. The number of likely N-dealkylation sites (N-methyl/N-ethyl adjacent to an activating group) is 1. The largest absolute Gasteiger partial charge is 0.348 e. The molecule has 7 heteroatoms. The van der Waals surface area contributed by atoms with Crippen LogP contribution in [0.25, 0.3) is 0 Å². The summed E-state index contributed by atoms with van der Waals surface area (Å²) >= 11 is 0. The van der Waals surface area contributed by atoms with Crippen LogP contribution in [0, 0.1) is 5.92 Å². The van der Waals surface area contributed by atoms with E-state index in [4.69, 9.17) is 9.47 Å². The average molecular weight is 423 g/mol. The molecular formula is C23H42N4O3. The summed E-state index contributed by atoms with van der Waals surface area (Å²) in [5.74, 6) is 0.179. The standard InChI is InChI=1S/C23H42N4O3/c1-3-9-27-18-20(16-19-17-23(8-7-21(19)27)29-14-15-30-23)24-22(28)26(4-2)13-12-25-10-5-6-11-25/h19-21H,3-18H2,1-2H3,(H,24,28)/t19-,20+,21-/m1/s1. The summed E-state index contributed by atoms with van der Waals surface area (Å²) in [7, 11) is 0. The van der Waals surface area contributed by atoms with Crippen LogP contribution in [0.3, 0.4) is 0 Å². The van der Waals surface area contributed by atoms with Gasteiger partial charge in [-0.2, -0.15) is 0 Å². The summed E-state index contributed by atoms with van der Waals surface area (Å²) in [6.07, 6.45) is 7.90. The number of hydrogen-bond donors (Lipinski definition) is 1. The van der Waals surface area contributed by atoms with Gasteiger partial charge >= 0.3 is 6.03 Å². The quantitative estimate of drug-likeness (QED) is 0.683. The third kappa shape index (κ3) is 5.12. The molecule has 3 saturated heterocycles. The molecule has 0 bridgehead atoms. The Morgan fingerprint density at radius 2 is 1.93 bits per heavy atom. The van der Waals surface area contributed by atoms with Gasteiger partial charge in [0, 0.05) is 51.1 Å². The molecule has 0 unspecified atom stereocenters. The van der Waals surface area contributed by atoms with Gasteiger partial charge in [0.15, 0.2) is 5.79 Å². The van der Waals surface area contributed by atoms with Gasteiger partial charge < -0.3 is 24.6 Å². The van der Waals surface area contributed by atoms with Crippen molar-refractivity contribution >= 4 is 6.03 Å². The molecule has 3 heterocycles. The number of likely N-dealkylation sites (tertiary alicyclic amines) is 2. The van der Waals surface area contributed by atoms with Crippen LogP contribution in [-0.2, 0) is 9.47 Å². The number of rotatable bonds is 7. The number of carbonyl (C=O) groups is 1. The Bertz CT molecular complexity index is 563. The highest BCUT2D eigenvalue weighted by molar-refractivity contribution is 5.74. The van der Waals surface area contributed by atoms with Gasteiger partial charge in [0.2, 0.25) is 0 Å². The Morgan fingerprint density at radius 3 is 2.63 bits per heavy atom. The van der Waals surface area contributed by atoms with Crippen molar-refractivity contribution in [1.82, 2.24) is 20.0 Å². The average Bonchev–Trinajstić information content (AvgIpc) is 3.41. The monoisotopic (exact) mass is 422 g/mol. The van der Waals surface area contributed by atoms with Crippen LogP contribution < -0.4 is 5.32 Å². The Morgan fingerprint density at radius 1 is 1.17 bits per heavy atom. The Hall–Kier alpha value is -0.890. The maximum absolute atomic E-state index is 13.1. The fourth-order valence-electron chi connectivity index (χ4n) is 6.17. The lowest BCUT2D eigenvalue weighted by Crippen LogP contribution is -2.60. The highest BCUT2D eigenvalue weighted by atomic mass is 16.7. The van der Waals surface area contributed by atoms with E-state index in [1.165, 1.54) is 25.9 Å². The summed E-state index contributed by atoms with van der Waals surface area (Å²) in [6, 6.07) is 0.923. The van der Waals surface area contributed by atoms with E-state index in [9.17, 15) is 4.79 Å². The smallest absolute Gasteiger partial charge is 0.317 e. The number of piperidine rings is 1. The van der Waals surface area contributed by atoms with Crippen LogP contribution in [0.5, 0.6) is 0 Å². The molecule has 1 spiro atoms. The van der Waals surface area contributed by atoms with Crippen molar-refractivity contribution in [3.63, 3.8) is 0 Å². The minimum Gasteiger partial charge on any atom is -0.348 e. The first-order valence-electron chi connectivity index (χ1n) is 12.4. The molecule has 0 aromatic carbocycles. The van der Waals surface area contributed by atoms with Gasteiger partial charge in [-0.1, -0.05) is 6.92 Å². The summed E-state index contributed by atoms with van der Waals surface area (Å²) < 4.78 is 12.1. The molecule has 172 valence electrons. The number of urea groups is 1. The molecule has 3 aliphatic heterocycles. The lowest BCUT2D eigenvalue weighted by Gasteiger charge is -2.51. The van der Waals surface area contributed by atoms with E-state index in [-0.39, 0.29) is 17.9 Å². The normalized spacial score (nSPS) is 31.7. The van der Waals surface area contributed by atoms with E-state index >= 15 is 0 Å². The van der Waals surface area contributed by atoms with Crippen molar-refractivity contribution in [3.8, 4) is 0 Å². The van der Waals surface area contributed by atoms with E-state index in [2.05, 4.69) is 29.0 Å². The summed E-state index contributed by atoms with van der Waals surface area (Å²) in [6.45, 7) is 12.8. The number of fused-ring (bicyclic) bond motifs is 1. The zero-order chi connectivity index (χ0) is 21.0. The molecule has 0 aromatic heterocycles. The van der Waals surface area contributed by atoms with Gasteiger partial charge in [0.1, 0.15) is 0 Å². The Kier molecular flexibility index (Phi) is 7.55. The molecule has 1 N–H and O–H groups in total. The molecule has 1 aliphatic carbocycles. The first-order valence-corrected chi connectivity index (χ1v) is 12.4. The molecule has 0 aromatic rings. The third-order valence-electron chi connectivity index (χ3n) is 7.66. The highest BCUT2D eigenvalue weighted by Crippen LogP contribution is 2.44. The topological polar surface area (TPSA) is 57.3 Å². The van der Waals surface area contributed by atoms with Gasteiger partial charge in [0.05, 0.1) is 13.2 Å². The van der Waals surface area contributed by atoms with Crippen LogP contribution in [0.2, 0.25) is 0 Å². The lowest BCUT2D eigenvalue weighted by molar-refractivity contribution is -0.201. The van der Waals surface area contributed by atoms with Crippen molar-refractivity contribution in [2.45, 2.75) is 76.7 Å². The molecule has 1 saturated carbocycles. The number of hydrogen-bond acceptors (Lipinski definition) is 5. The minimum absolute atomic E-state index is 0.107. The van der Waals surface area contributed by atoms with E-state index in [0.717, 1.165) is 78.0 Å². The molecule has 7 nitrogen and oxygen atoms in total. The van der Waals surface area contributed by atoms with Crippen LogP contribution in [0.1, 0.15) is 58.8 Å². The first kappa shape index (κ1) is 22.3. The minimum atomic E-state index is -0.351. The summed E-state index contributed by atoms with van der Waals surface area (Å²) in [4.78, 5) is 20.1. The molecule has 30 heavy (non-hydrogen) atoms. The van der Waals surface area contributed by atoms with Gasteiger partial charge in [0.25, 0.3) is 0 Å². The fraction of sp³-hybridized carbons (Fsp3) is 0.957. The van der Waals surface area contributed by atoms with Crippen LogP contribution in [0.4, 0.5) is 4.79 Å². The maximum Gasteiger partial charge on any atom is 0.317 e. The van der Waals surface area contributed by atoms with Crippen molar-refractivity contribution < 1.29 is 14.3 Å². The Labute approximate surface area is 182 Å². The van der Waals surface area contributed by atoms with Gasteiger partial charge in [-0.15, -0.1) is 0 Å². The molecule has 4 fully saturated rings. The van der Waals surface area contributed by atoms with E-state index in [0.29, 0.717) is 12.0 Å². The molecule has 4 aliphatic rings. The maximum atomic E-state index is 13.1. The molecule has 0 radical (unpaired) electrons. The summed E-state index contributed by atoms with van der Waals surface area (Å²) in [5.41, 5.74) is 0. The molecule has 3 atom stereocenters. The molecule has 2 amide bonds. The first-order chi connectivity index (χ1) is 14.6. The van der Waals surface area contributed by atoms with Crippen LogP contribution >= 0.6 is 0 Å². The molecule has 4 rings (SSSR count). The van der Waals surface area contributed by atoms with Crippen molar-refractivity contribution in [2.24, 2.45) is 5.92 Å². The predicted octanol–water partition coefficient (Wildman–Crippen LogP) is 2.51. The van der Waals surface area contributed by atoms with E-state index in [1.807, 2.05) is 4.90 Å². The van der Waals surface area contributed by atoms with Gasteiger partial charge in [-0.3, -0.25) is 4.90 Å². The second-order valence-electron chi connectivity index (χ2n) is 9.68. The highest BCUT2D eigenvalue weighted by Gasteiger charge is 2.49. The van der Waals surface area contributed by atoms with Crippen molar-refractivity contribution in [1.29, 1.82) is 0 Å². The van der Waals surface area contributed by atoms with Crippen molar-refractivity contribution in [2.75, 3.05) is 59.0 Å². The zero-order valence-electron chi connectivity index (χ0n) is 19.1. The van der Waals surface area contributed by atoms with E-state index < -0.39 is 0 Å². The Balaban J connectivity index is 1.34. The number of nitrogens with one attached hydrogen (secondary N) is 1. The second kappa shape index (κ2) is 10.2. The van der Waals surface area contributed by atoms with Gasteiger partial charge in [-0.05, 0) is 64.6 Å². The number of ether oxygens (including phenoxy) is 2. The predicted molar refractivity (Wildman–Crippen MR) is 117 cm³/mol. The third-order valence-corrected chi connectivity index (χ3v) is 7.66. The molecular weight excluding hydrogens is 380 g/mol. The lowest BCUT2D eigenvalue weighted by atomic mass is 9.74. The van der Waals surface area contributed by atoms with Crippen LogP contribution in [0.15, 0.2) is 0 Å². The van der Waals surface area contributed by atoms with Gasteiger partial charge in [-0.25, -0.2) is 4.79 Å². The van der Waals surface area contributed by atoms with E-state index in [1.54, 1.807) is 0 Å². The fourth-order valence-corrected chi connectivity index (χ4v) is 6.17. The van der Waals surface area contributed by atoms with Crippen molar-refractivity contribution in [3.05, 3.63) is 0 Å². The van der Waals surface area contributed by atoms with Crippen LogP contribution in [-0.4, -0.2) is 97.6 Å². The number of carbonyl (C=O) groups excluding carboxylic acids is 1.